The highest BCUT2D eigenvalue weighted by Gasteiger charge is 2.19. The molecule has 5 nitrogen and oxygen atoms in total. The number of hydrogen-bond donors (Lipinski definition) is 0. The second-order valence-electron chi connectivity index (χ2n) is 9.26. The van der Waals surface area contributed by atoms with Crippen molar-refractivity contribution in [2.24, 2.45) is 0 Å². The number of hydrogen-bond acceptors (Lipinski definition) is 5. The summed E-state index contributed by atoms with van der Waals surface area (Å²) in [6.45, 7) is 0. The van der Waals surface area contributed by atoms with Crippen molar-refractivity contribution in [2.45, 2.75) is 0 Å². The van der Waals surface area contributed by atoms with E-state index >= 15 is 0 Å². The molecule has 3 heterocycles. The zero-order valence-corrected chi connectivity index (χ0v) is 23.5. The molecule has 0 fully saturated rings. The molecule has 46 heavy (non-hydrogen) atoms. The zero-order valence-electron chi connectivity index (χ0n) is 47.6. The molecular formula is C40H25N5S. The molecule has 0 amide bonds. The van der Waals surface area contributed by atoms with Crippen molar-refractivity contribution in [3.8, 4) is 50.4 Å². The van der Waals surface area contributed by atoms with Gasteiger partial charge in [0.15, 0.2) is 11.6 Å². The number of rotatable bonds is 5. The summed E-state index contributed by atoms with van der Waals surface area (Å²) in [5, 5.41) is -1.16. The lowest BCUT2D eigenvalue weighted by molar-refractivity contribution is 0.954. The number of aromatic nitrogens is 5. The van der Waals surface area contributed by atoms with E-state index in [2.05, 4.69) is 19.9 Å². The van der Waals surface area contributed by atoms with E-state index in [0.717, 1.165) is 4.57 Å². The van der Waals surface area contributed by atoms with Crippen molar-refractivity contribution in [1.29, 1.82) is 0 Å². The van der Waals surface area contributed by atoms with Crippen molar-refractivity contribution >= 4 is 43.4 Å². The maximum atomic E-state index is 9.25. The van der Waals surface area contributed by atoms with Gasteiger partial charge in [-0.2, -0.15) is 9.97 Å². The Hall–Kier alpha value is -5.98. The highest BCUT2D eigenvalue weighted by molar-refractivity contribution is 7.22. The van der Waals surface area contributed by atoms with E-state index in [9.17, 15) is 4.11 Å². The number of benzene rings is 6. The quantitative estimate of drug-likeness (QED) is 0.189. The third kappa shape index (κ3) is 4.47. The summed E-state index contributed by atoms with van der Waals surface area (Å²) in [6.07, 6.45) is 0. The molecule has 6 aromatic carbocycles. The van der Waals surface area contributed by atoms with Crippen molar-refractivity contribution < 1.29 is 34.3 Å². The Morgan fingerprint density at radius 3 is 1.72 bits per heavy atom. The van der Waals surface area contributed by atoms with Gasteiger partial charge in [0.25, 0.3) is 0 Å². The molecule has 9 aromatic rings. The van der Waals surface area contributed by atoms with E-state index < -0.39 is 218 Å². The van der Waals surface area contributed by atoms with Crippen LogP contribution in [0.3, 0.4) is 0 Å². The summed E-state index contributed by atoms with van der Waals surface area (Å²) in [6, 6.07) is -20.4. The van der Waals surface area contributed by atoms with Gasteiger partial charge in [-0.3, -0.25) is 4.57 Å². The first kappa shape index (κ1) is 11.4. The molecule has 0 atom stereocenters. The number of nitrogens with zero attached hydrogens (tertiary/aromatic N) is 5. The SMILES string of the molecule is [2H]c1c([2H])c([2H])c(-c2nc3c([2H])c([2H])c([2H])c(-c4nc(-c5c([2H])c([2H])c(-c6c([2H])c([2H])c([2H])c([2H])c6[2H])c([2H])c5[2H])nc(-n5c6c([2H])c([2H])c([2H])c([2H])c6c6c([2H])c([2H])c([2H])c([2H])c65)n4)c3s2)c([2H])c1[2H]. The van der Waals surface area contributed by atoms with E-state index in [1.807, 2.05) is 0 Å². The molecule has 216 valence electrons. The van der Waals surface area contributed by atoms with Crippen molar-refractivity contribution in [3.05, 3.63) is 151 Å². The normalized spacial score (nSPS) is 19.1. The minimum Gasteiger partial charge on any atom is -0.278 e. The molecule has 0 N–H and O–H groups in total. The molecule has 9 rings (SSSR count). The fourth-order valence-corrected chi connectivity index (χ4v) is 5.61. The van der Waals surface area contributed by atoms with Crippen LogP contribution in [-0.2, 0) is 0 Å². The van der Waals surface area contributed by atoms with Crippen LogP contribution in [-0.4, -0.2) is 24.5 Å². The topological polar surface area (TPSA) is 56.5 Å². The lowest BCUT2D eigenvalue weighted by atomic mass is 10.0. The Morgan fingerprint density at radius 1 is 0.457 bits per heavy atom. The van der Waals surface area contributed by atoms with Gasteiger partial charge in [-0.1, -0.05) is 127 Å². The van der Waals surface area contributed by atoms with E-state index in [4.69, 9.17) is 30.2 Å². The second-order valence-corrected chi connectivity index (χ2v) is 10.3. The van der Waals surface area contributed by atoms with Gasteiger partial charge in [-0.15, -0.1) is 11.3 Å². The van der Waals surface area contributed by atoms with Gasteiger partial charge < -0.3 is 0 Å². The van der Waals surface area contributed by atoms with Gasteiger partial charge in [0, 0.05) is 27.5 Å². The fraction of sp³-hybridized carbons (Fsp3) is 0. The van der Waals surface area contributed by atoms with E-state index in [1.165, 1.54) is 0 Å². The Morgan fingerprint density at radius 2 is 1.02 bits per heavy atom. The average Bonchev–Trinajstić information content (AvgIpc) is 3.94. The van der Waals surface area contributed by atoms with Gasteiger partial charge >= 0.3 is 0 Å². The van der Waals surface area contributed by atoms with Crippen LogP contribution < -0.4 is 0 Å². The minimum absolute atomic E-state index is 0.219. The number of thiazole rings is 1. The zero-order chi connectivity index (χ0) is 52.2. The van der Waals surface area contributed by atoms with E-state index in [0.29, 0.717) is 11.3 Å². The molecule has 0 aliphatic rings. The molecule has 0 saturated carbocycles. The summed E-state index contributed by atoms with van der Waals surface area (Å²) in [5.74, 6) is -2.33. The van der Waals surface area contributed by atoms with Gasteiger partial charge in [0.05, 0.1) is 55.5 Å². The molecule has 0 spiro atoms. The largest absolute Gasteiger partial charge is 0.278 e. The monoisotopic (exact) mass is 632 g/mol. The standard InChI is InChI=1S/C40H25N5S/c1-3-12-26(13-4-1)27-22-24-28(25-23-27)37-42-38(32-18-11-19-33-36(32)46-39(41-33)29-14-5-2-6-15-29)44-40(43-37)45-34-20-9-7-16-30(34)31-17-8-10-21-35(31)45/h1-25H/i1D,2D,3D,4D,5D,6D,7D,8D,9D,10D,11D,12D,13D,14D,15D,16D,17D,18D,19D,20D,21D,22D,23D,24D,25D. The van der Waals surface area contributed by atoms with Crippen LogP contribution in [0.15, 0.2) is 151 Å². The molecule has 0 aliphatic heterocycles. The van der Waals surface area contributed by atoms with Crippen molar-refractivity contribution in [1.82, 2.24) is 24.5 Å². The van der Waals surface area contributed by atoms with Crippen LogP contribution in [0.25, 0.3) is 82.4 Å². The second kappa shape index (κ2) is 10.9. The molecule has 0 unspecified atom stereocenters. The highest BCUT2D eigenvalue weighted by atomic mass is 32.1. The van der Waals surface area contributed by atoms with E-state index in [-0.39, 0.29) is 15.2 Å². The predicted molar refractivity (Wildman–Crippen MR) is 189 cm³/mol. The Labute approximate surface area is 304 Å². The lowest BCUT2D eigenvalue weighted by Gasteiger charge is -2.11. The minimum atomic E-state index is -0.984. The van der Waals surface area contributed by atoms with Crippen LogP contribution in [0.1, 0.15) is 34.3 Å². The van der Waals surface area contributed by atoms with Gasteiger partial charge in [0.1, 0.15) is 5.01 Å². The van der Waals surface area contributed by atoms with Crippen LogP contribution in [0.2, 0.25) is 0 Å². The van der Waals surface area contributed by atoms with Gasteiger partial charge in [-0.25, -0.2) is 9.97 Å². The molecule has 3 aromatic heterocycles. The summed E-state index contributed by atoms with van der Waals surface area (Å²) in [5.41, 5.74) is -4.54. The number of fused-ring (bicyclic) bond motifs is 4. The van der Waals surface area contributed by atoms with Crippen LogP contribution in [0.4, 0.5) is 0 Å². The molecule has 0 radical (unpaired) electrons. The molecule has 0 aliphatic carbocycles. The summed E-state index contributed by atoms with van der Waals surface area (Å²) in [7, 11) is 0. The first-order chi connectivity index (χ1) is 33.2. The third-order valence-corrected chi connectivity index (χ3v) is 7.71. The summed E-state index contributed by atoms with van der Waals surface area (Å²) < 4.78 is 218. The van der Waals surface area contributed by atoms with Crippen LogP contribution >= 0.6 is 11.3 Å². The lowest BCUT2D eigenvalue weighted by Crippen LogP contribution is -2.06. The van der Waals surface area contributed by atoms with Crippen molar-refractivity contribution in [3.63, 3.8) is 0 Å². The average molecular weight is 633 g/mol. The molecule has 6 heteroatoms. The smallest absolute Gasteiger partial charge is 0.238 e. The van der Waals surface area contributed by atoms with Gasteiger partial charge in [0.2, 0.25) is 5.95 Å². The summed E-state index contributed by atoms with van der Waals surface area (Å²) >= 11 is 0.579. The molecule has 0 bridgehead atoms. The predicted octanol–water partition coefficient (Wildman–Crippen LogP) is 10.2. The maximum Gasteiger partial charge on any atom is 0.238 e. The highest BCUT2D eigenvalue weighted by Crippen LogP contribution is 2.37. The fourth-order valence-electron chi connectivity index (χ4n) is 4.64. The number of para-hydroxylation sites is 2. The third-order valence-electron chi connectivity index (χ3n) is 6.61. The molecular weight excluding hydrogens is 583 g/mol. The maximum absolute atomic E-state index is 9.25. The van der Waals surface area contributed by atoms with Crippen LogP contribution in [0, 0.1) is 0 Å². The van der Waals surface area contributed by atoms with Gasteiger partial charge in [-0.05, 0) is 35.3 Å². The van der Waals surface area contributed by atoms with E-state index in [1.54, 1.807) is 0 Å². The van der Waals surface area contributed by atoms with Crippen LogP contribution in [0.5, 0.6) is 0 Å². The Kier molecular flexibility index (Phi) is 2.70. The molecule has 0 saturated heterocycles. The first-order valence-electron chi connectivity index (χ1n) is 25.6. The Bertz CT molecular complexity index is 3800. The summed E-state index contributed by atoms with van der Waals surface area (Å²) in [4.78, 5) is 17.8. The first-order valence-corrected chi connectivity index (χ1v) is 13.9. The Balaban J connectivity index is 1.48. The van der Waals surface area contributed by atoms with Crippen molar-refractivity contribution in [2.75, 3.05) is 0 Å².